The highest BCUT2D eigenvalue weighted by molar-refractivity contribution is 5.76. The molecule has 5 heteroatoms. The van der Waals surface area contributed by atoms with Crippen LogP contribution in [0.25, 0.3) is 0 Å². The van der Waals surface area contributed by atoms with Crippen LogP contribution < -0.4 is 10.2 Å². The highest BCUT2D eigenvalue weighted by Gasteiger charge is 2.26. The maximum Gasteiger partial charge on any atom is 0.222 e. The first-order valence-electron chi connectivity index (χ1n) is 9.16. The average Bonchev–Trinajstić information content (AvgIpc) is 2.63. The van der Waals surface area contributed by atoms with Crippen molar-refractivity contribution in [2.45, 2.75) is 26.2 Å². The van der Waals surface area contributed by atoms with Crippen molar-refractivity contribution >= 4 is 11.6 Å². The number of carbonyl (C=O) groups is 1. The zero-order valence-corrected chi connectivity index (χ0v) is 14.6. The topological polar surface area (TPSA) is 55.8 Å². The Morgan fingerprint density at radius 1 is 1.17 bits per heavy atom. The Bertz CT molecular complexity index is 532. The molecule has 2 N–H and O–H groups in total. The van der Waals surface area contributed by atoms with Crippen LogP contribution in [0.2, 0.25) is 0 Å². The highest BCUT2D eigenvalue weighted by Crippen LogP contribution is 2.25. The van der Waals surface area contributed by atoms with E-state index in [0.717, 1.165) is 45.0 Å². The van der Waals surface area contributed by atoms with Gasteiger partial charge in [0.05, 0.1) is 0 Å². The molecule has 0 aromatic heterocycles. The van der Waals surface area contributed by atoms with Crippen LogP contribution in [0.4, 0.5) is 5.69 Å². The molecule has 132 valence electrons. The molecule has 1 aromatic rings. The van der Waals surface area contributed by atoms with E-state index in [0.29, 0.717) is 29.9 Å². The number of phenols is 1. The number of nitrogens with zero attached hydrogens (tertiary/aromatic N) is 2. The van der Waals surface area contributed by atoms with Crippen molar-refractivity contribution in [1.29, 1.82) is 0 Å². The lowest BCUT2D eigenvalue weighted by molar-refractivity contribution is -0.132. The monoisotopic (exact) mass is 331 g/mol. The summed E-state index contributed by atoms with van der Waals surface area (Å²) < 4.78 is 0. The van der Waals surface area contributed by atoms with Gasteiger partial charge in [-0.05, 0) is 62.0 Å². The van der Waals surface area contributed by atoms with Gasteiger partial charge < -0.3 is 20.2 Å². The number of carbonyl (C=O) groups excluding carboxylic acids is 1. The lowest BCUT2D eigenvalue weighted by atomic mass is 9.84. The Morgan fingerprint density at radius 2 is 1.79 bits per heavy atom. The molecule has 2 aliphatic rings. The third kappa shape index (κ3) is 4.20. The highest BCUT2D eigenvalue weighted by atomic mass is 16.3. The number of piperazine rings is 1. The standard InChI is InChI=1S/C19H29N3O2/c1-15(16-6-8-20-9-7-16)14-19(24)22-12-10-21(11-13-22)17-2-4-18(23)5-3-17/h2-5,15-16,20,23H,6-14H2,1H3. The van der Waals surface area contributed by atoms with Crippen molar-refractivity contribution in [1.82, 2.24) is 10.2 Å². The SMILES string of the molecule is CC(CC(=O)N1CCN(c2ccc(O)cc2)CC1)C1CCNCC1. The van der Waals surface area contributed by atoms with E-state index >= 15 is 0 Å². The molecule has 2 saturated heterocycles. The molecular formula is C19H29N3O2. The third-order valence-electron chi connectivity index (χ3n) is 5.53. The van der Waals surface area contributed by atoms with Crippen LogP contribution in [-0.2, 0) is 4.79 Å². The van der Waals surface area contributed by atoms with Crippen LogP contribution in [0.3, 0.4) is 0 Å². The fourth-order valence-corrected chi connectivity index (χ4v) is 3.86. The predicted molar refractivity (Wildman–Crippen MR) is 96.3 cm³/mol. The van der Waals surface area contributed by atoms with Crippen LogP contribution >= 0.6 is 0 Å². The quantitative estimate of drug-likeness (QED) is 0.887. The number of benzene rings is 1. The molecule has 0 spiro atoms. The molecule has 1 amide bonds. The molecule has 2 fully saturated rings. The molecule has 1 aromatic carbocycles. The summed E-state index contributed by atoms with van der Waals surface area (Å²) in [5, 5.41) is 12.8. The second-order valence-corrected chi connectivity index (χ2v) is 7.15. The molecular weight excluding hydrogens is 302 g/mol. The van der Waals surface area contributed by atoms with Crippen molar-refractivity contribution in [2.75, 3.05) is 44.2 Å². The lowest BCUT2D eigenvalue weighted by Gasteiger charge is -2.37. The van der Waals surface area contributed by atoms with E-state index in [1.165, 1.54) is 12.8 Å². The first-order chi connectivity index (χ1) is 11.6. The van der Waals surface area contributed by atoms with Crippen LogP contribution in [0.5, 0.6) is 5.75 Å². The summed E-state index contributed by atoms with van der Waals surface area (Å²) in [6.45, 7) is 7.72. The zero-order valence-electron chi connectivity index (χ0n) is 14.6. The van der Waals surface area contributed by atoms with E-state index in [4.69, 9.17) is 0 Å². The van der Waals surface area contributed by atoms with Gasteiger partial charge in [0.15, 0.2) is 0 Å². The second-order valence-electron chi connectivity index (χ2n) is 7.15. The summed E-state index contributed by atoms with van der Waals surface area (Å²) in [6.07, 6.45) is 3.08. The number of hydrogen-bond acceptors (Lipinski definition) is 4. The van der Waals surface area contributed by atoms with Gasteiger partial charge in [0.1, 0.15) is 5.75 Å². The fraction of sp³-hybridized carbons (Fsp3) is 0.632. The molecule has 0 radical (unpaired) electrons. The Kier molecular flexibility index (Phi) is 5.61. The first kappa shape index (κ1) is 17.1. The Morgan fingerprint density at radius 3 is 2.42 bits per heavy atom. The summed E-state index contributed by atoms with van der Waals surface area (Å²) in [6, 6.07) is 7.30. The molecule has 0 saturated carbocycles. The molecule has 2 heterocycles. The molecule has 0 aliphatic carbocycles. The number of aromatic hydroxyl groups is 1. The Labute approximate surface area is 144 Å². The van der Waals surface area contributed by atoms with Crippen molar-refractivity contribution in [3.63, 3.8) is 0 Å². The molecule has 5 nitrogen and oxygen atoms in total. The smallest absolute Gasteiger partial charge is 0.222 e. The zero-order chi connectivity index (χ0) is 16.9. The number of piperidine rings is 1. The number of rotatable bonds is 4. The second kappa shape index (κ2) is 7.88. The third-order valence-corrected chi connectivity index (χ3v) is 5.53. The van der Waals surface area contributed by atoms with Crippen molar-refractivity contribution in [3.05, 3.63) is 24.3 Å². The van der Waals surface area contributed by atoms with Gasteiger partial charge in [0.2, 0.25) is 5.91 Å². The van der Waals surface area contributed by atoms with Crippen LogP contribution in [0.15, 0.2) is 24.3 Å². The van der Waals surface area contributed by atoms with Gasteiger partial charge in [-0.15, -0.1) is 0 Å². The summed E-state index contributed by atoms with van der Waals surface area (Å²) >= 11 is 0. The predicted octanol–water partition coefficient (Wildman–Crippen LogP) is 2.07. The molecule has 1 unspecified atom stereocenters. The van der Waals surface area contributed by atoms with Crippen molar-refractivity contribution in [2.24, 2.45) is 11.8 Å². The summed E-state index contributed by atoms with van der Waals surface area (Å²) in [7, 11) is 0. The van der Waals surface area contributed by atoms with Gasteiger partial charge >= 0.3 is 0 Å². The van der Waals surface area contributed by atoms with Crippen LogP contribution in [0.1, 0.15) is 26.2 Å². The van der Waals surface area contributed by atoms with E-state index in [1.54, 1.807) is 12.1 Å². The number of nitrogens with one attached hydrogen (secondary N) is 1. The molecule has 0 bridgehead atoms. The van der Waals surface area contributed by atoms with Gasteiger partial charge in [0, 0.05) is 38.3 Å². The van der Waals surface area contributed by atoms with Crippen LogP contribution in [0, 0.1) is 11.8 Å². The Hall–Kier alpha value is -1.75. The van der Waals surface area contributed by atoms with E-state index in [1.807, 2.05) is 17.0 Å². The first-order valence-corrected chi connectivity index (χ1v) is 9.16. The van der Waals surface area contributed by atoms with E-state index in [-0.39, 0.29) is 0 Å². The molecule has 2 aliphatic heterocycles. The number of hydrogen-bond donors (Lipinski definition) is 2. The van der Waals surface area contributed by atoms with Gasteiger partial charge in [-0.1, -0.05) is 6.92 Å². The van der Waals surface area contributed by atoms with Gasteiger partial charge in [-0.2, -0.15) is 0 Å². The minimum Gasteiger partial charge on any atom is -0.508 e. The number of anilines is 1. The number of amides is 1. The minimum atomic E-state index is 0.291. The molecule has 1 atom stereocenters. The lowest BCUT2D eigenvalue weighted by Crippen LogP contribution is -2.49. The summed E-state index contributed by atoms with van der Waals surface area (Å²) in [5.74, 6) is 1.77. The molecule has 3 rings (SSSR count). The summed E-state index contributed by atoms with van der Waals surface area (Å²) in [5.41, 5.74) is 1.11. The molecule has 24 heavy (non-hydrogen) atoms. The van der Waals surface area contributed by atoms with Gasteiger partial charge in [0.25, 0.3) is 0 Å². The van der Waals surface area contributed by atoms with Crippen molar-refractivity contribution in [3.8, 4) is 5.75 Å². The minimum absolute atomic E-state index is 0.291. The maximum atomic E-state index is 12.6. The van der Waals surface area contributed by atoms with Gasteiger partial charge in [-0.25, -0.2) is 0 Å². The Balaban J connectivity index is 1.47. The van der Waals surface area contributed by atoms with Crippen LogP contribution in [-0.4, -0.2) is 55.2 Å². The fourth-order valence-electron chi connectivity index (χ4n) is 3.86. The van der Waals surface area contributed by atoms with Crippen molar-refractivity contribution < 1.29 is 9.90 Å². The van der Waals surface area contributed by atoms with E-state index in [2.05, 4.69) is 17.1 Å². The largest absolute Gasteiger partial charge is 0.508 e. The van der Waals surface area contributed by atoms with E-state index in [9.17, 15) is 9.90 Å². The van der Waals surface area contributed by atoms with Gasteiger partial charge in [-0.3, -0.25) is 4.79 Å². The normalized spacial score (nSPS) is 20.9. The average molecular weight is 331 g/mol. The number of phenolic OH excluding ortho intramolecular Hbond substituents is 1. The maximum absolute atomic E-state index is 12.6. The van der Waals surface area contributed by atoms with E-state index < -0.39 is 0 Å². The summed E-state index contributed by atoms with van der Waals surface area (Å²) in [4.78, 5) is 16.9.